The van der Waals surface area contributed by atoms with Crippen molar-refractivity contribution in [2.45, 2.75) is 45.2 Å². The van der Waals surface area contributed by atoms with Crippen LogP contribution in [0.1, 0.15) is 48.9 Å². The van der Waals surface area contributed by atoms with E-state index in [1.54, 1.807) is 14.2 Å². The molecule has 3 heterocycles. The van der Waals surface area contributed by atoms with E-state index in [0.717, 1.165) is 88.5 Å². The molecule has 360 valence electrons. The van der Waals surface area contributed by atoms with Crippen molar-refractivity contribution in [2.75, 3.05) is 24.0 Å². The van der Waals surface area contributed by atoms with E-state index in [0.29, 0.717) is 0 Å². The number of hydrogen-bond acceptors (Lipinski definition) is 5. The van der Waals surface area contributed by atoms with Gasteiger partial charge >= 0.3 is 0 Å². The number of fused-ring (bicyclic) bond motifs is 15. The largest absolute Gasteiger partial charge is 0.497 e. The highest BCUT2D eigenvalue weighted by Gasteiger charge is 2.51. The third-order valence-corrected chi connectivity index (χ3v) is 16.0. The maximum absolute atomic E-state index is 6.90. The van der Waals surface area contributed by atoms with Crippen molar-refractivity contribution in [1.82, 2.24) is 9.13 Å². The minimum absolute atomic E-state index is 0.735. The number of benzene rings is 9. The summed E-state index contributed by atoms with van der Waals surface area (Å²) in [6, 6.07) is 69.2. The molecule has 2 aromatic heterocycles. The van der Waals surface area contributed by atoms with Gasteiger partial charge in [0.05, 0.1) is 19.6 Å². The second-order valence-electron chi connectivity index (χ2n) is 19.6. The molecule has 0 fully saturated rings. The molecule has 9 aromatic carbocycles. The van der Waals surface area contributed by atoms with Gasteiger partial charge in [0.1, 0.15) is 23.0 Å². The van der Waals surface area contributed by atoms with E-state index in [2.05, 4.69) is 239 Å². The SMILES string of the molecule is CCn1c2ccc(OC)cc2c2cc(N(C3=CC=CCC3)c3ccc4c(c3)C3(c5ccccc5Oc5ccccc53)c3cc(N(c5ccccc5)c5ccc6c(c5)c5cc(OC)ccc5n6CC)ccc3-4)ccc21. The Hall–Kier alpha value is -8.94. The number of rotatable bonds is 10. The van der Waals surface area contributed by atoms with E-state index < -0.39 is 5.41 Å². The van der Waals surface area contributed by atoms with Crippen LogP contribution in [0.5, 0.6) is 23.0 Å². The molecule has 7 nitrogen and oxygen atoms in total. The average molecular weight is 963 g/mol. The summed E-state index contributed by atoms with van der Waals surface area (Å²) in [5.41, 5.74) is 17.9. The van der Waals surface area contributed by atoms with Gasteiger partial charge < -0.3 is 33.1 Å². The normalized spacial score (nSPS) is 13.9. The Balaban J connectivity index is 1.01. The molecule has 3 aliphatic rings. The summed E-state index contributed by atoms with van der Waals surface area (Å²) in [6.07, 6.45) is 8.66. The maximum atomic E-state index is 6.90. The van der Waals surface area contributed by atoms with E-state index >= 15 is 0 Å². The fourth-order valence-electron chi connectivity index (χ4n) is 12.8. The zero-order valence-corrected chi connectivity index (χ0v) is 42.0. The van der Waals surface area contributed by atoms with Gasteiger partial charge in [-0.2, -0.15) is 0 Å². The van der Waals surface area contributed by atoms with Crippen molar-refractivity contribution >= 4 is 72.0 Å². The average Bonchev–Trinajstić information content (AvgIpc) is 4.06. The first-order chi connectivity index (χ1) is 36.5. The Morgan fingerprint density at radius 1 is 0.459 bits per heavy atom. The van der Waals surface area contributed by atoms with Crippen LogP contribution in [-0.4, -0.2) is 23.4 Å². The lowest BCUT2D eigenvalue weighted by atomic mass is 9.66. The summed E-state index contributed by atoms with van der Waals surface area (Å²) in [4.78, 5) is 4.91. The van der Waals surface area contributed by atoms with Gasteiger partial charge in [-0.3, -0.25) is 0 Å². The lowest BCUT2D eigenvalue weighted by Crippen LogP contribution is -2.32. The smallest absolute Gasteiger partial charge is 0.132 e. The Morgan fingerprint density at radius 3 is 1.43 bits per heavy atom. The fraction of sp³-hybridized carbons (Fsp3) is 0.134. The van der Waals surface area contributed by atoms with Gasteiger partial charge in [0, 0.05) is 102 Å². The van der Waals surface area contributed by atoms with E-state index in [9.17, 15) is 0 Å². The molecule has 14 rings (SSSR count). The number of nitrogens with zero attached hydrogens (tertiary/aromatic N) is 4. The molecule has 0 amide bonds. The van der Waals surface area contributed by atoms with E-state index in [1.807, 2.05) is 0 Å². The molecular formula is C67H54N4O3. The van der Waals surface area contributed by atoms with E-state index in [-0.39, 0.29) is 0 Å². The predicted octanol–water partition coefficient (Wildman–Crippen LogP) is 17.3. The summed E-state index contributed by atoms with van der Waals surface area (Å²) < 4.78 is 23.3. The van der Waals surface area contributed by atoms with Gasteiger partial charge in [0.2, 0.25) is 0 Å². The minimum Gasteiger partial charge on any atom is -0.497 e. The molecule has 11 aromatic rings. The first-order valence-corrected chi connectivity index (χ1v) is 25.9. The Bertz CT molecular complexity index is 4090. The number of aromatic nitrogens is 2. The quantitative estimate of drug-likeness (QED) is 0.137. The highest BCUT2D eigenvalue weighted by atomic mass is 16.5. The van der Waals surface area contributed by atoms with Gasteiger partial charge in [-0.1, -0.05) is 78.9 Å². The Labute approximate surface area is 431 Å². The molecule has 1 aliphatic heterocycles. The van der Waals surface area contributed by atoms with Crippen molar-refractivity contribution in [2.24, 2.45) is 0 Å². The molecule has 0 unspecified atom stereocenters. The van der Waals surface area contributed by atoms with Gasteiger partial charge in [-0.05, 0) is 176 Å². The number of allylic oxidation sites excluding steroid dienone is 4. The number of aryl methyl sites for hydroxylation is 2. The molecule has 7 heteroatoms. The second-order valence-corrected chi connectivity index (χ2v) is 19.6. The topological polar surface area (TPSA) is 44.0 Å². The Kier molecular flexibility index (Phi) is 10.1. The van der Waals surface area contributed by atoms with Gasteiger partial charge in [-0.15, -0.1) is 0 Å². The monoisotopic (exact) mass is 962 g/mol. The molecule has 2 aliphatic carbocycles. The summed E-state index contributed by atoms with van der Waals surface area (Å²) >= 11 is 0. The summed E-state index contributed by atoms with van der Waals surface area (Å²) in [5.74, 6) is 3.42. The second kappa shape index (κ2) is 17.1. The van der Waals surface area contributed by atoms with Crippen molar-refractivity contribution in [3.8, 4) is 34.1 Å². The minimum atomic E-state index is -0.735. The molecule has 0 radical (unpaired) electrons. The van der Waals surface area contributed by atoms with E-state index in [4.69, 9.17) is 14.2 Å². The zero-order valence-electron chi connectivity index (χ0n) is 42.0. The van der Waals surface area contributed by atoms with Crippen molar-refractivity contribution in [3.05, 3.63) is 234 Å². The lowest BCUT2D eigenvalue weighted by molar-refractivity contribution is 0.415. The molecule has 0 saturated carbocycles. The van der Waals surface area contributed by atoms with Crippen LogP contribution in [0.2, 0.25) is 0 Å². The van der Waals surface area contributed by atoms with Gasteiger partial charge in [-0.25, -0.2) is 0 Å². The summed E-state index contributed by atoms with van der Waals surface area (Å²) in [6.45, 7) is 6.16. The van der Waals surface area contributed by atoms with Gasteiger partial charge in [0.15, 0.2) is 0 Å². The number of para-hydroxylation sites is 3. The summed E-state index contributed by atoms with van der Waals surface area (Å²) in [7, 11) is 3.49. The van der Waals surface area contributed by atoms with Crippen molar-refractivity contribution in [3.63, 3.8) is 0 Å². The number of ether oxygens (including phenoxy) is 3. The van der Waals surface area contributed by atoms with Crippen molar-refractivity contribution < 1.29 is 14.2 Å². The maximum Gasteiger partial charge on any atom is 0.132 e. The first-order valence-electron chi connectivity index (χ1n) is 25.9. The number of hydrogen-bond donors (Lipinski definition) is 0. The van der Waals surface area contributed by atoms with Crippen LogP contribution in [-0.2, 0) is 18.5 Å². The number of anilines is 5. The highest BCUT2D eigenvalue weighted by Crippen LogP contribution is 2.63. The van der Waals surface area contributed by atoms with Crippen molar-refractivity contribution in [1.29, 1.82) is 0 Å². The first kappa shape index (κ1) is 43.8. The molecular weight excluding hydrogens is 909 g/mol. The number of methoxy groups -OCH3 is 2. The van der Waals surface area contributed by atoms with Crippen LogP contribution in [0.25, 0.3) is 54.7 Å². The molecule has 0 saturated heterocycles. The molecule has 0 N–H and O–H groups in total. The van der Waals surface area contributed by atoms with Crippen LogP contribution in [0.15, 0.2) is 212 Å². The van der Waals surface area contributed by atoms with Crippen LogP contribution in [0.3, 0.4) is 0 Å². The van der Waals surface area contributed by atoms with E-state index in [1.165, 1.54) is 71.6 Å². The molecule has 0 atom stereocenters. The fourth-order valence-corrected chi connectivity index (χ4v) is 12.8. The molecule has 74 heavy (non-hydrogen) atoms. The van der Waals surface area contributed by atoms with Crippen LogP contribution in [0, 0.1) is 0 Å². The van der Waals surface area contributed by atoms with Gasteiger partial charge in [0.25, 0.3) is 0 Å². The third-order valence-electron chi connectivity index (χ3n) is 16.0. The molecule has 0 bridgehead atoms. The van der Waals surface area contributed by atoms with Crippen LogP contribution >= 0.6 is 0 Å². The zero-order chi connectivity index (χ0) is 49.7. The Morgan fingerprint density at radius 2 is 0.919 bits per heavy atom. The standard InChI is InChI=1S/C67H54N4O3/c1-5-68-61-33-27-45(37-53(61)55-41-49(72-3)29-35-63(55)68)70(43-17-9-7-10-18-43)47-25-31-51-52-32-26-48(40-60(52)67(59(51)39-47)57-21-13-15-23-65(57)74-66-24-16-14-22-58(66)67)71(44-19-11-8-12-20-44)46-28-34-62-54(38-46)56-42-50(73-4)30-36-64(56)69(62)6-2/h7-11,13-19,21-42H,5-6,12,20H2,1-4H3. The highest BCUT2D eigenvalue weighted by molar-refractivity contribution is 6.11. The van der Waals surface area contributed by atoms with Crippen LogP contribution in [0.4, 0.5) is 28.4 Å². The summed E-state index contributed by atoms with van der Waals surface area (Å²) in [5, 5.41) is 4.75. The lowest BCUT2D eigenvalue weighted by Gasteiger charge is -2.40. The third kappa shape index (κ3) is 6.38. The van der Waals surface area contributed by atoms with Crippen LogP contribution < -0.4 is 24.0 Å². The molecule has 1 spiro atoms. The predicted molar refractivity (Wildman–Crippen MR) is 304 cm³/mol.